The summed E-state index contributed by atoms with van der Waals surface area (Å²) in [6.07, 6.45) is 0. The van der Waals surface area contributed by atoms with Crippen molar-refractivity contribution in [3.63, 3.8) is 0 Å². The van der Waals surface area contributed by atoms with Gasteiger partial charge in [0.1, 0.15) is 0 Å². The minimum atomic E-state index is -17.5. The van der Waals surface area contributed by atoms with Gasteiger partial charge < -0.3 is 0 Å². The normalized spacial score (nSPS) is 27.1. The van der Waals surface area contributed by atoms with Crippen molar-refractivity contribution in [2.24, 2.45) is 0 Å². The van der Waals surface area contributed by atoms with Gasteiger partial charge >= 0.3 is 194 Å². The Hall–Kier alpha value is 2.72. The molecule has 0 bridgehead atoms. The molecule has 0 unspecified atom stereocenters. The van der Waals surface area contributed by atoms with Crippen LogP contribution >= 0.6 is 0 Å². The molecule has 0 heterocycles. The van der Waals surface area contributed by atoms with E-state index in [1.807, 2.05) is 0 Å². The fourth-order valence-electron chi connectivity index (χ4n) is 1.41. The fourth-order valence-corrected chi connectivity index (χ4v) is 92.4. The van der Waals surface area contributed by atoms with Crippen LogP contribution in [0.5, 0.6) is 0 Å². The second-order valence-electron chi connectivity index (χ2n) is 5.83. The van der Waals surface area contributed by atoms with Crippen LogP contribution in [0.1, 0.15) is 0 Å². The first-order chi connectivity index (χ1) is 13.5. The average molecular weight is 1340 g/mol. The Kier molecular flexibility index (Phi) is 6.19. The second kappa shape index (κ2) is 5.77. The molecule has 0 atom stereocenters. The molecule has 0 aliphatic heterocycles. The number of hydrogen-bond acceptors (Lipinski definition) is 5. The quantitative estimate of drug-likeness (QED) is 0.163. The summed E-state index contributed by atoms with van der Waals surface area (Å²) in [6.45, 7) is 0. The predicted octanol–water partition coefficient (Wildman–Crippen LogP) is 8.30. The Morgan fingerprint density at radius 2 is 0.270 bits per heavy atom. The SMILES string of the molecule is F[Te](F)(F)(F)(F)O[Te](F)(O[Te](F)(F)(F)(F)F)(O[Te](F)(F)(F)(F)F)(O[Te](F)(F)(F)(F)F)O[Te](F)(F)(F)(F)F. The summed E-state index contributed by atoms with van der Waals surface area (Å²) < 4.78 is 323. The van der Waals surface area contributed by atoms with E-state index < -0.39 is 119 Å². The van der Waals surface area contributed by atoms with Gasteiger partial charge in [-0.05, 0) is 0 Å². The molecular formula is F26O5Te6. The third kappa shape index (κ3) is 18.8. The molecular weight excluding hydrogens is 1340 g/mol. The minimum absolute atomic E-state index is 0.720. The Balaban J connectivity index is 9.32. The van der Waals surface area contributed by atoms with Crippen molar-refractivity contribution >= 4 is 112 Å². The van der Waals surface area contributed by atoms with Gasteiger partial charge in [0.25, 0.3) is 0 Å². The molecule has 0 amide bonds. The Labute approximate surface area is 191 Å². The molecule has 0 aliphatic carbocycles. The molecule has 248 valence electrons. The first-order valence-electron chi connectivity index (χ1n) is 5.68. The Morgan fingerprint density at radius 1 is 0.189 bits per heavy atom. The molecule has 0 aromatic heterocycles. The molecule has 37 heavy (non-hydrogen) atoms. The predicted molar refractivity (Wildman–Crippen MR) is 68.8 cm³/mol. The standard InChI is InChI=1S/F26O5Te6/c1-32(2,3,4,5)27-37(26,28-33(6,7,8,9)10,29-34(11,12,13,14)15,30-35(16,17,18,19)20)31-36(21,22,23,24)25. The van der Waals surface area contributed by atoms with Gasteiger partial charge in [-0.15, -0.1) is 0 Å². The summed E-state index contributed by atoms with van der Waals surface area (Å²) in [5, 5.41) is 0. The van der Waals surface area contributed by atoms with E-state index in [1.165, 1.54) is 0 Å². The molecule has 0 N–H and O–H groups in total. The van der Waals surface area contributed by atoms with Crippen LogP contribution in [0.2, 0.25) is 0 Å². The molecule has 37 heteroatoms. The molecule has 0 saturated heterocycles. The zero-order chi connectivity index (χ0) is 32.0. The van der Waals surface area contributed by atoms with Gasteiger partial charge in [0.2, 0.25) is 0 Å². The van der Waals surface area contributed by atoms with Gasteiger partial charge in [0.05, 0.1) is 0 Å². The zero-order valence-corrected chi connectivity index (χ0v) is 28.3. The van der Waals surface area contributed by atoms with Crippen LogP contribution in [0.4, 0.5) is 75.2 Å². The number of hydrogen-bond donors (Lipinski definition) is 0. The molecule has 0 aromatic rings. The summed E-state index contributed by atoms with van der Waals surface area (Å²) in [5.74, 6) is 0. The van der Waals surface area contributed by atoms with Crippen LogP contribution in [-0.2, 0) is 7.33 Å². The van der Waals surface area contributed by atoms with Crippen LogP contribution in [0.3, 0.4) is 0 Å². The summed E-state index contributed by atoms with van der Waals surface area (Å²) in [5.41, 5.74) is 0. The van der Waals surface area contributed by atoms with Gasteiger partial charge in [-0.3, -0.25) is 0 Å². The van der Waals surface area contributed by atoms with E-state index in [4.69, 9.17) is 0 Å². The van der Waals surface area contributed by atoms with E-state index in [0.717, 1.165) is 0 Å². The molecule has 0 saturated carbocycles. The van der Waals surface area contributed by atoms with Crippen molar-refractivity contribution in [1.82, 2.24) is 0 Å². The third-order valence-electron chi connectivity index (χ3n) is 1.33. The van der Waals surface area contributed by atoms with Gasteiger partial charge in [-0.2, -0.15) is 0 Å². The van der Waals surface area contributed by atoms with E-state index in [2.05, 4.69) is 0 Å². The second-order valence-corrected chi connectivity index (χ2v) is 52.1. The van der Waals surface area contributed by atoms with E-state index >= 15 is 0 Å². The van der Waals surface area contributed by atoms with Crippen LogP contribution in [0.25, 0.3) is 0 Å². The molecule has 0 aromatic carbocycles. The van der Waals surface area contributed by atoms with Crippen LogP contribution in [-0.4, -0.2) is 112 Å². The summed E-state index contributed by atoms with van der Waals surface area (Å²) in [6, 6.07) is 0. The number of rotatable bonds is 10. The molecule has 0 rings (SSSR count). The summed E-state index contributed by atoms with van der Waals surface area (Å²) >= 11 is -95.5. The topological polar surface area (TPSA) is 46.2 Å². The first kappa shape index (κ1) is 39.7. The van der Waals surface area contributed by atoms with E-state index in [9.17, 15) is 75.2 Å². The monoisotopic (exact) mass is 1350 g/mol. The van der Waals surface area contributed by atoms with Crippen molar-refractivity contribution in [2.45, 2.75) is 0 Å². The van der Waals surface area contributed by atoms with Crippen molar-refractivity contribution < 1.29 is 82.5 Å². The average Bonchev–Trinajstić information content (AvgIpc) is 1.73. The summed E-state index contributed by atoms with van der Waals surface area (Å²) in [7, 11) is 0. The van der Waals surface area contributed by atoms with Crippen LogP contribution in [0, 0.1) is 0 Å². The van der Waals surface area contributed by atoms with Gasteiger partial charge in [0, 0.05) is 0 Å². The Bertz CT molecular complexity index is 837. The van der Waals surface area contributed by atoms with Crippen molar-refractivity contribution in [2.75, 3.05) is 0 Å². The third-order valence-corrected chi connectivity index (χ3v) is 59.7. The fraction of sp³-hybridized carbons (Fsp3) is 0. The van der Waals surface area contributed by atoms with Crippen LogP contribution < -0.4 is 0 Å². The van der Waals surface area contributed by atoms with Crippen molar-refractivity contribution in [3.05, 3.63) is 0 Å². The molecule has 0 fully saturated rings. The van der Waals surface area contributed by atoms with Gasteiger partial charge in [-0.1, -0.05) is 0 Å². The van der Waals surface area contributed by atoms with E-state index in [-0.39, 0.29) is 0 Å². The molecule has 5 nitrogen and oxygen atoms in total. The van der Waals surface area contributed by atoms with Crippen molar-refractivity contribution in [1.29, 1.82) is 0 Å². The van der Waals surface area contributed by atoms with Gasteiger partial charge in [-0.25, -0.2) is 0 Å². The first-order valence-corrected chi connectivity index (χ1v) is 38.1. The Morgan fingerprint density at radius 3 is 0.324 bits per heavy atom. The molecule has 0 spiro atoms. The van der Waals surface area contributed by atoms with E-state index in [0.29, 0.717) is 0 Å². The van der Waals surface area contributed by atoms with Crippen molar-refractivity contribution in [3.8, 4) is 0 Å². The maximum atomic E-state index is 14.8. The zero-order valence-electron chi connectivity index (χ0n) is 14.3. The van der Waals surface area contributed by atoms with Crippen LogP contribution in [0.15, 0.2) is 0 Å². The van der Waals surface area contributed by atoms with Gasteiger partial charge in [0.15, 0.2) is 0 Å². The molecule has 0 aliphatic rings. The maximum absolute atomic E-state index is 17.5. The summed E-state index contributed by atoms with van der Waals surface area (Å²) in [4.78, 5) is 0. The molecule has 0 radical (unpaired) electrons. The van der Waals surface area contributed by atoms with E-state index in [1.54, 1.807) is 0 Å². The number of halogens is 26.